The second-order valence-electron chi connectivity index (χ2n) is 4.60. The van der Waals surface area contributed by atoms with Crippen LogP contribution in [-0.2, 0) is 6.42 Å². The Morgan fingerprint density at radius 1 is 1.35 bits per heavy atom. The number of fused-ring (bicyclic) bond motifs is 1. The molecule has 0 saturated carbocycles. The van der Waals surface area contributed by atoms with Gasteiger partial charge in [-0.1, -0.05) is 31.9 Å². The Kier molecular flexibility index (Phi) is 4.26. The van der Waals surface area contributed by atoms with Gasteiger partial charge in [-0.15, -0.1) is 0 Å². The third-order valence-corrected chi connectivity index (χ3v) is 3.29. The zero-order valence-electron chi connectivity index (χ0n) is 10.4. The van der Waals surface area contributed by atoms with E-state index in [2.05, 4.69) is 13.0 Å². The first-order valence-corrected chi connectivity index (χ1v) is 6.42. The van der Waals surface area contributed by atoms with Crippen molar-refractivity contribution in [2.45, 2.75) is 32.6 Å². The van der Waals surface area contributed by atoms with Gasteiger partial charge in [-0.25, -0.2) is 0 Å². The van der Waals surface area contributed by atoms with Gasteiger partial charge in [0.25, 0.3) is 0 Å². The van der Waals surface area contributed by atoms with Gasteiger partial charge < -0.3 is 15.2 Å². The topological polar surface area (TPSA) is 44.5 Å². The fraction of sp³-hybridized carbons (Fsp3) is 0.571. The zero-order valence-corrected chi connectivity index (χ0v) is 10.4. The first-order valence-electron chi connectivity index (χ1n) is 6.42. The van der Waals surface area contributed by atoms with Gasteiger partial charge in [-0.3, -0.25) is 0 Å². The minimum atomic E-state index is 0.342. The standard InChI is InChI=1S/C14H21NO2/c1-2-3-5-11(9-15)8-12-6-4-7-13-14(12)17-10-16-13/h4,6-7,11H,2-3,5,8-10,15H2,1H3. The minimum Gasteiger partial charge on any atom is -0.454 e. The van der Waals surface area contributed by atoms with Gasteiger partial charge in [0.15, 0.2) is 11.5 Å². The number of ether oxygens (including phenoxy) is 2. The summed E-state index contributed by atoms with van der Waals surface area (Å²) in [6.07, 6.45) is 4.65. The van der Waals surface area contributed by atoms with Crippen LogP contribution in [0.2, 0.25) is 0 Å². The van der Waals surface area contributed by atoms with E-state index in [0.717, 1.165) is 24.5 Å². The maximum absolute atomic E-state index is 5.83. The third kappa shape index (κ3) is 2.91. The Balaban J connectivity index is 2.04. The number of unbranched alkanes of at least 4 members (excludes halogenated alkanes) is 1. The quantitative estimate of drug-likeness (QED) is 0.824. The lowest BCUT2D eigenvalue weighted by molar-refractivity contribution is 0.173. The lowest BCUT2D eigenvalue weighted by atomic mass is 9.93. The molecule has 3 nitrogen and oxygen atoms in total. The summed E-state index contributed by atoms with van der Waals surface area (Å²) in [5.41, 5.74) is 7.06. The van der Waals surface area contributed by atoms with E-state index in [-0.39, 0.29) is 0 Å². The Morgan fingerprint density at radius 2 is 2.24 bits per heavy atom. The van der Waals surface area contributed by atoms with E-state index < -0.39 is 0 Å². The molecular weight excluding hydrogens is 214 g/mol. The molecule has 0 fully saturated rings. The molecule has 1 heterocycles. The van der Waals surface area contributed by atoms with Crippen LogP contribution in [0.5, 0.6) is 11.5 Å². The number of rotatable bonds is 6. The SMILES string of the molecule is CCCCC(CN)Cc1cccc2c1OCO2. The van der Waals surface area contributed by atoms with Crippen LogP contribution in [0.3, 0.4) is 0 Å². The summed E-state index contributed by atoms with van der Waals surface area (Å²) in [4.78, 5) is 0. The van der Waals surface area contributed by atoms with Gasteiger partial charge in [0, 0.05) is 0 Å². The van der Waals surface area contributed by atoms with Gasteiger partial charge in [-0.05, 0) is 36.9 Å². The lowest BCUT2D eigenvalue weighted by Gasteiger charge is -2.15. The Hall–Kier alpha value is -1.22. The summed E-state index contributed by atoms with van der Waals surface area (Å²) in [5, 5.41) is 0. The van der Waals surface area contributed by atoms with Crippen LogP contribution in [0.4, 0.5) is 0 Å². The molecule has 3 heteroatoms. The molecule has 1 unspecified atom stereocenters. The predicted molar refractivity (Wildman–Crippen MR) is 68.3 cm³/mol. The van der Waals surface area contributed by atoms with Crippen LogP contribution in [0, 0.1) is 5.92 Å². The molecule has 0 radical (unpaired) electrons. The highest BCUT2D eigenvalue weighted by Crippen LogP contribution is 2.36. The highest BCUT2D eigenvalue weighted by Gasteiger charge is 2.19. The number of hydrogen-bond donors (Lipinski definition) is 1. The molecule has 1 aromatic carbocycles. The van der Waals surface area contributed by atoms with Crippen LogP contribution < -0.4 is 15.2 Å². The Labute approximate surface area is 103 Å². The second-order valence-corrected chi connectivity index (χ2v) is 4.60. The summed E-state index contributed by atoms with van der Waals surface area (Å²) in [7, 11) is 0. The number of benzene rings is 1. The fourth-order valence-electron chi connectivity index (χ4n) is 2.26. The molecule has 1 atom stereocenters. The van der Waals surface area contributed by atoms with Crippen LogP contribution >= 0.6 is 0 Å². The average Bonchev–Trinajstić information content (AvgIpc) is 2.83. The van der Waals surface area contributed by atoms with E-state index in [0.29, 0.717) is 12.7 Å². The summed E-state index contributed by atoms with van der Waals surface area (Å²) in [6.45, 7) is 3.30. The molecule has 17 heavy (non-hydrogen) atoms. The largest absolute Gasteiger partial charge is 0.454 e. The molecule has 0 bridgehead atoms. The maximum Gasteiger partial charge on any atom is 0.231 e. The van der Waals surface area contributed by atoms with E-state index in [1.165, 1.54) is 24.8 Å². The van der Waals surface area contributed by atoms with Crippen molar-refractivity contribution in [1.29, 1.82) is 0 Å². The molecule has 94 valence electrons. The van der Waals surface area contributed by atoms with E-state index >= 15 is 0 Å². The monoisotopic (exact) mass is 235 g/mol. The van der Waals surface area contributed by atoms with Crippen molar-refractivity contribution in [3.8, 4) is 11.5 Å². The minimum absolute atomic E-state index is 0.342. The van der Waals surface area contributed by atoms with Crippen LogP contribution in [0.1, 0.15) is 31.7 Å². The van der Waals surface area contributed by atoms with Crippen molar-refractivity contribution in [2.75, 3.05) is 13.3 Å². The Bertz CT molecular complexity index is 365. The van der Waals surface area contributed by atoms with E-state index in [9.17, 15) is 0 Å². The summed E-state index contributed by atoms with van der Waals surface area (Å²) in [6, 6.07) is 6.09. The van der Waals surface area contributed by atoms with Gasteiger partial charge in [-0.2, -0.15) is 0 Å². The van der Waals surface area contributed by atoms with Gasteiger partial charge in [0.05, 0.1) is 0 Å². The number of para-hydroxylation sites is 1. The average molecular weight is 235 g/mol. The molecule has 1 aliphatic heterocycles. The predicted octanol–water partition coefficient (Wildman–Crippen LogP) is 2.72. The summed E-state index contributed by atoms with van der Waals surface area (Å²) < 4.78 is 10.9. The van der Waals surface area contributed by atoms with Crippen molar-refractivity contribution in [3.05, 3.63) is 23.8 Å². The van der Waals surface area contributed by atoms with Crippen molar-refractivity contribution in [3.63, 3.8) is 0 Å². The molecule has 0 saturated heterocycles. The van der Waals surface area contributed by atoms with Gasteiger partial charge >= 0.3 is 0 Å². The molecule has 0 spiro atoms. The van der Waals surface area contributed by atoms with Crippen molar-refractivity contribution >= 4 is 0 Å². The van der Waals surface area contributed by atoms with Crippen molar-refractivity contribution < 1.29 is 9.47 Å². The van der Waals surface area contributed by atoms with Crippen LogP contribution in [0.15, 0.2) is 18.2 Å². The fourth-order valence-corrected chi connectivity index (χ4v) is 2.26. The molecule has 1 aliphatic rings. The molecule has 1 aromatic rings. The van der Waals surface area contributed by atoms with E-state index in [1.54, 1.807) is 0 Å². The molecule has 0 amide bonds. The Morgan fingerprint density at radius 3 is 3.00 bits per heavy atom. The van der Waals surface area contributed by atoms with E-state index in [4.69, 9.17) is 15.2 Å². The van der Waals surface area contributed by atoms with Gasteiger partial charge in [0.2, 0.25) is 6.79 Å². The van der Waals surface area contributed by atoms with Crippen LogP contribution in [0.25, 0.3) is 0 Å². The third-order valence-electron chi connectivity index (χ3n) is 3.29. The molecular formula is C14H21NO2. The lowest BCUT2D eigenvalue weighted by Crippen LogP contribution is -2.17. The number of hydrogen-bond acceptors (Lipinski definition) is 3. The highest BCUT2D eigenvalue weighted by atomic mass is 16.7. The number of nitrogens with two attached hydrogens (primary N) is 1. The van der Waals surface area contributed by atoms with Crippen LogP contribution in [-0.4, -0.2) is 13.3 Å². The molecule has 0 aromatic heterocycles. The van der Waals surface area contributed by atoms with Crippen molar-refractivity contribution in [1.82, 2.24) is 0 Å². The highest BCUT2D eigenvalue weighted by molar-refractivity contribution is 5.48. The summed E-state index contributed by atoms with van der Waals surface area (Å²) in [5.74, 6) is 2.34. The normalized spacial score (nSPS) is 14.9. The zero-order chi connectivity index (χ0) is 12.1. The van der Waals surface area contributed by atoms with Crippen molar-refractivity contribution in [2.24, 2.45) is 11.7 Å². The molecule has 2 rings (SSSR count). The van der Waals surface area contributed by atoms with E-state index in [1.807, 2.05) is 12.1 Å². The smallest absolute Gasteiger partial charge is 0.231 e. The summed E-state index contributed by atoms with van der Waals surface area (Å²) >= 11 is 0. The van der Waals surface area contributed by atoms with Gasteiger partial charge in [0.1, 0.15) is 0 Å². The first-order chi connectivity index (χ1) is 8.35. The maximum atomic E-state index is 5.83. The second kappa shape index (κ2) is 5.92. The molecule has 0 aliphatic carbocycles. The first kappa shape index (κ1) is 12.2. The molecule has 2 N–H and O–H groups in total.